The quantitative estimate of drug-likeness (QED) is 0.313. The molecule has 10 heteroatoms. The Morgan fingerprint density at radius 1 is 1.25 bits per heavy atom. The van der Waals surface area contributed by atoms with Crippen molar-refractivity contribution in [3.05, 3.63) is 60.7 Å². The van der Waals surface area contributed by atoms with Crippen LogP contribution in [0.15, 0.2) is 44.5 Å². The Bertz CT molecular complexity index is 811. The van der Waals surface area contributed by atoms with Crippen molar-refractivity contribution in [2.24, 2.45) is 4.99 Å². The molecule has 0 atom stereocenters. The second kappa shape index (κ2) is 6.83. The zero-order chi connectivity index (χ0) is 17.3. The van der Waals surface area contributed by atoms with Crippen LogP contribution in [0.25, 0.3) is 0 Å². The highest BCUT2D eigenvalue weighted by molar-refractivity contribution is 8.08. The van der Waals surface area contributed by atoms with Crippen LogP contribution in [0.1, 0.15) is 11.1 Å². The number of aryl methyl sites for hydroxylation is 2. The number of nitrogens with one attached hydrogen (secondary N) is 3. The second-order valence-electron chi connectivity index (χ2n) is 5.00. The number of thioether (sulfide) groups is 1. The van der Waals surface area contributed by atoms with Gasteiger partial charge in [0, 0.05) is 23.7 Å². The van der Waals surface area contributed by atoms with Crippen LogP contribution >= 0.6 is 35.9 Å². The highest BCUT2D eigenvalue weighted by atomic mass is 32.2. The number of aliphatic imine (C=N–C) groups is 1. The summed E-state index contributed by atoms with van der Waals surface area (Å²) in [4.78, 5) is 15.4. The lowest BCUT2D eigenvalue weighted by molar-refractivity contribution is -0.410. The lowest BCUT2D eigenvalue weighted by atomic mass is 10.1. The van der Waals surface area contributed by atoms with E-state index in [4.69, 9.17) is 12.2 Å². The van der Waals surface area contributed by atoms with Gasteiger partial charge in [0.1, 0.15) is 15.0 Å². The maximum Gasteiger partial charge on any atom is 0.325 e. The number of nitro groups is 1. The Morgan fingerprint density at radius 2 is 1.96 bits per heavy atom. The van der Waals surface area contributed by atoms with E-state index in [2.05, 4.69) is 20.3 Å². The summed E-state index contributed by atoms with van der Waals surface area (Å²) >= 11 is 7.69. The van der Waals surface area contributed by atoms with Crippen LogP contribution in [-0.4, -0.2) is 15.7 Å². The summed E-state index contributed by atoms with van der Waals surface area (Å²) < 4.78 is 3.10. The molecule has 0 unspecified atom stereocenters. The maximum absolute atomic E-state index is 10.8. The van der Waals surface area contributed by atoms with E-state index < -0.39 is 4.92 Å². The Kier molecular flexibility index (Phi) is 4.78. The van der Waals surface area contributed by atoms with Crippen LogP contribution in [0.2, 0.25) is 0 Å². The van der Waals surface area contributed by atoms with Crippen molar-refractivity contribution in [3.8, 4) is 0 Å². The number of thiocarbonyl (C=S) groups is 1. The van der Waals surface area contributed by atoms with Crippen LogP contribution in [0.5, 0.6) is 0 Å². The van der Waals surface area contributed by atoms with Crippen molar-refractivity contribution in [2.75, 3.05) is 0 Å². The predicted octanol–water partition coefficient (Wildman–Crippen LogP) is 3.04. The van der Waals surface area contributed by atoms with Gasteiger partial charge in [0.15, 0.2) is 5.84 Å². The topological polar surface area (TPSA) is 91.6 Å². The lowest BCUT2D eigenvalue weighted by Gasteiger charge is -2.22. The van der Waals surface area contributed by atoms with Gasteiger partial charge in [-0.3, -0.25) is 10.1 Å². The largest absolute Gasteiger partial charge is 0.347 e. The lowest BCUT2D eigenvalue weighted by Crippen LogP contribution is -2.41. The van der Waals surface area contributed by atoms with Gasteiger partial charge in [0.25, 0.3) is 0 Å². The minimum Gasteiger partial charge on any atom is -0.347 e. The van der Waals surface area contributed by atoms with Crippen LogP contribution in [0.3, 0.4) is 0 Å². The number of amidine groups is 1. The van der Waals surface area contributed by atoms with Crippen LogP contribution in [-0.2, 0) is 0 Å². The third kappa shape index (κ3) is 3.40. The number of nitrogens with zero attached hydrogens (tertiary/aromatic N) is 2. The summed E-state index contributed by atoms with van der Waals surface area (Å²) in [7, 11) is 0. The fourth-order valence-corrected chi connectivity index (χ4v) is 3.99. The molecule has 0 amide bonds. The zero-order valence-electron chi connectivity index (χ0n) is 12.7. The van der Waals surface area contributed by atoms with Gasteiger partial charge in [-0.15, -0.1) is 0 Å². The number of benzene rings is 1. The van der Waals surface area contributed by atoms with E-state index in [0.717, 1.165) is 28.6 Å². The molecular weight excluding hydrogens is 366 g/mol. The molecule has 1 fully saturated rings. The molecule has 124 valence electrons. The van der Waals surface area contributed by atoms with E-state index in [9.17, 15) is 10.1 Å². The van der Waals surface area contributed by atoms with Gasteiger partial charge in [-0.05, 0) is 25.0 Å². The number of hydrogen-bond donors (Lipinski definition) is 3. The molecule has 3 rings (SSSR count). The Hall–Kier alpha value is -2.04. The number of hydrogen-bond acceptors (Lipinski definition) is 7. The van der Waals surface area contributed by atoms with Crippen molar-refractivity contribution in [2.45, 2.75) is 13.8 Å². The van der Waals surface area contributed by atoms with E-state index >= 15 is 0 Å². The third-order valence-electron chi connectivity index (χ3n) is 3.27. The number of para-hydroxylation sites is 1. The summed E-state index contributed by atoms with van der Waals surface area (Å²) in [6.07, 6.45) is 1.36. The summed E-state index contributed by atoms with van der Waals surface area (Å²) in [6, 6.07) is 5.98. The van der Waals surface area contributed by atoms with Crippen LogP contribution in [0.4, 0.5) is 5.69 Å². The molecule has 0 aliphatic carbocycles. The molecule has 0 radical (unpaired) electrons. The molecular formula is C14H13N5O2S3. The van der Waals surface area contributed by atoms with Crippen LogP contribution < -0.4 is 15.4 Å². The molecule has 0 bridgehead atoms. The normalized spacial score (nSPS) is 21.8. The van der Waals surface area contributed by atoms with Crippen molar-refractivity contribution >= 4 is 52.4 Å². The first kappa shape index (κ1) is 16.8. The van der Waals surface area contributed by atoms with E-state index in [1.165, 1.54) is 18.1 Å². The molecule has 1 aromatic rings. The molecule has 0 spiro atoms. The second-order valence-corrected chi connectivity index (χ2v) is 7.26. The first-order valence-electron chi connectivity index (χ1n) is 6.88. The molecule has 1 saturated heterocycles. The summed E-state index contributed by atoms with van der Waals surface area (Å²) in [5.41, 5.74) is 3.01. The van der Waals surface area contributed by atoms with E-state index in [1.807, 2.05) is 32.0 Å². The monoisotopic (exact) mass is 379 g/mol. The Balaban J connectivity index is 1.79. The molecule has 2 aliphatic rings. The highest BCUT2D eigenvalue weighted by Crippen LogP contribution is 2.34. The van der Waals surface area contributed by atoms with E-state index in [1.54, 1.807) is 0 Å². The fourth-order valence-electron chi connectivity index (χ4n) is 2.10. The molecule has 2 aliphatic heterocycles. The first-order chi connectivity index (χ1) is 11.5. The molecule has 0 saturated carbocycles. The Morgan fingerprint density at radius 3 is 2.54 bits per heavy atom. The molecule has 2 heterocycles. The van der Waals surface area contributed by atoms with E-state index in [0.29, 0.717) is 20.9 Å². The summed E-state index contributed by atoms with van der Waals surface area (Å²) in [5, 5.41) is 18.1. The minimum atomic E-state index is -0.432. The van der Waals surface area contributed by atoms with E-state index in [-0.39, 0.29) is 5.03 Å². The summed E-state index contributed by atoms with van der Waals surface area (Å²) in [5.74, 6) is 0.558. The van der Waals surface area contributed by atoms with Gasteiger partial charge in [0.05, 0.1) is 16.8 Å². The van der Waals surface area contributed by atoms with Crippen molar-refractivity contribution in [3.63, 3.8) is 0 Å². The van der Waals surface area contributed by atoms with Gasteiger partial charge in [-0.25, -0.2) is 4.99 Å². The van der Waals surface area contributed by atoms with Gasteiger partial charge in [0.2, 0.25) is 0 Å². The predicted molar refractivity (Wildman–Crippen MR) is 102 cm³/mol. The van der Waals surface area contributed by atoms with Gasteiger partial charge >= 0.3 is 5.03 Å². The average molecular weight is 379 g/mol. The molecule has 0 aromatic heterocycles. The van der Waals surface area contributed by atoms with Gasteiger partial charge in [-0.2, -0.15) is 0 Å². The highest BCUT2D eigenvalue weighted by Gasteiger charge is 2.27. The van der Waals surface area contributed by atoms with Crippen molar-refractivity contribution in [1.29, 1.82) is 0 Å². The average Bonchev–Trinajstić information content (AvgIpc) is 3.02. The molecule has 7 nitrogen and oxygen atoms in total. The Labute approximate surface area is 152 Å². The number of rotatable bonds is 2. The maximum atomic E-state index is 10.8. The summed E-state index contributed by atoms with van der Waals surface area (Å²) in [6.45, 7) is 3.99. The third-order valence-corrected chi connectivity index (χ3v) is 5.51. The van der Waals surface area contributed by atoms with Crippen molar-refractivity contribution < 1.29 is 4.92 Å². The van der Waals surface area contributed by atoms with Crippen molar-refractivity contribution in [1.82, 2.24) is 15.4 Å². The van der Waals surface area contributed by atoms with Gasteiger partial charge < -0.3 is 15.4 Å². The zero-order valence-corrected chi connectivity index (χ0v) is 15.2. The molecule has 24 heavy (non-hydrogen) atoms. The van der Waals surface area contributed by atoms with Crippen LogP contribution in [0, 0.1) is 24.0 Å². The first-order valence-corrected chi connectivity index (χ1v) is 8.92. The fraction of sp³-hybridized carbons (Fsp3) is 0.143. The SMILES string of the molecule is Cc1cccc(C)c1N=C1NSC(=C2NC=C([N+](=O)[O-])S2)NC1=S. The smallest absolute Gasteiger partial charge is 0.325 e. The molecule has 3 N–H and O–H groups in total. The van der Waals surface area contributed by atoms with Gasteiger partial charge in [-0.1, -0.05) is 30.4 Å². The minimum absolute atomic E-state index is 0.0424. The molecule has 1 aromatic carbocycles. The standard InChI is InChI=1S/C14H13N5O2S3/c1-7-4-3-5-8(2)10(7)16-11-12(22)17-14(24-18-11)13-15-6-9(23-13)19(20)21/h3-6,15H,1-2H3,(H,16,18)(H,17,22).